The lowest BCUT2D eigenvalue weighted by Gasteiger charge is -2.39. The molecule has 0 saturated carbocycles. The maximum absolute atomic E-state index is 11.9. The maximum atomic E-state index is 11.9. The molecule has 1 unspecified atom stereocenters. The number of nitrogens with zero attached hydrogens (tertiary/aromatic N) is 1. The van der Waals surface area contributed by atoms with Crippen LogP contribution in [0.4, 0.5) is 0 Å². The van der Waals surface area contributed by atoms with Crippen LogP contribution in [0.3, 0.4) is 0 Å². The Morgan fingerprint density at radius 2 is 1.77 bits per heavy atom. The van der Waals surface area contributed by atoms with Crippen molar-refractivity contribution in [2.24, 2.45) is 0 Å². The van der Waals surface area contributed by atoms with Gasteiger partial charge in [0.25, 0.3) is 0 Å². The third kappa shape index (κ3) is 2.22. The van der Waals surface area contributed by atoms with Gasteiger partial charge in [0, 0.05) is 11.1 Å². The molecule has 0 aromatic carbocycles. The molecule has 0 spiro atoms. The predicted octanol–water partition coefficient (Wildman–Crippen LogP) is 1.74. The molecule has 0 aliphatic carbocycles. The first-order chi connectivity index (χ1) is 5.76. The van der Waals surface area contributed by atoms with Crippen molar-refractivity contribution in [1.29, 1.82) is 0 Å². The molecule has 0 amide bonds. The van der Waals surface area contributed by atoms with E-state index in [9.17, 15) is 10.3 Å². The highest BCUT2D eigenvalue weighted by molar-refractivity contribution is 4.92. The van der Waals surface area contributed by atoms with Crippen molar-refractivity contribution >= 4 is 0 Å². The molecule has 1 heterocycles. The van der Waals surface area contributed by atoms with Gasteiger partial charge in [-0.05, 0) is 47.0 Å². The Hall–Kier alpha value is -0.120. The van der Waals surface area contributed by atoms with Gasteiger partial charge in [0.1, 0.15) is 0 Å². The number of hydroxylamine groups is 2. The molecule has 3 heteroatoms. The molecule has 3 nitrogen and oxygen atoms in total. The summed E-state index contributed by atoms with van der Waals surface area (Å²) in [5.74, 6) is 0. The maximum Gasteiger partial charge on any atom is 0.0559 e. The van der Waals surface area contributed by atoms with Gasteiger partial charge >= 0.3 is 0 Å². The molecule has 0 aromatic heterocycles. The third-order valence-corrected chi connectivity index (χ3v) is 2.92. The van der Waals surface area contributed by atoms with Crippen molar-refractivity contribution < 1.29 is 10.3 Å². The Bertz CT molecular complexity index is 189. The van der Waals surface area contributed by atoms with Crippen LogP contribution in [-0.2, 0) is 5.21 Å². The molecule has 1 atom stereocenters. The van der Waals surface area contributed by atoms with Gasteiger partial charge in [-0.2, -0.15) is 0 Å². The quantitative estimate of drug-likeness (QED) is 0.626. The third-order valence-electron chi connectivity index (χ3n) is 2.92. The van der Waals surface area contributed by atoms with Crippen molar-refractivity contribution in [3.63, 3.8) is 0 Å². The largest absolute Gasteiger partial charge is 0.393 e. The summed E-state index contributed by atoms with van der Waals surface area (Å²) in [6.07, 6.45) is 1.74. The van der Waals surface area contributed by atoms with Crippen molar-refractivity contribution in [1.82, 2.24) is 5.06 Å². The highest BCUT2D eigenvalue weighted by Crippen LogP contribution is 2.35. The van der Waals surface area contributed by atoms with Gasteiger partial charge in [-0.25, -0.2) is 0 Å². The van der Waals surface area contributed by atoms with Crippen molar-refractivity contribution in [3.8, 4) is 0 Å². The highest BCUT2D eigenvalue weighted by Gasteiger charge is 2.42. The summed E-state index contributed by atoms with van der Waals surface area (Å²) in [4.78, 5) is 0. The molecule has 1 fully saturated rings. The smallest absolute Gasteiger partial charge is 0.0559 e. The molecule has 1 radical (unpaired) electrons. The number of aliphatic hydroxyl groups is 1. The number of rotatable bonds is 0. The lowest BCUT2D eigenvalue weighted by Crippen LogP contribution is -2.51. The fourth-order valence-corrected chi connectivity index (χ4v) is 2.20. The van der Waals surface area contributed by atoms with Gasteiger partial charge in [-0.3, -0.25) is 0 Å². The molecule has 0 bridgehead atoms. The van der Waals surface area contributed by atoms with Crippen LogP contribution in [0.1, 0.15) is 47.0 Å². The molecule has 1 saturated heterocycles. The second-order valence-electron chi connectivity index (χ2n) is 5.32. The zero-order chi connectivity index (χ0) is 10.3. The monoisotopic (exact) mass is 186 g/mol. The molecular weight excluding hydrogens is 166 g/mol. The molecule has 0 aromatic rings. The Morgan fingerprint density at radius 1 is 1.23 bits per heavy atom. The van der Waals surface area contributed by atoms with E-state index >= 15 is 0 Å². The van der Waals surface area contributed by atoms with E-state index < -0.39 is 5.54 Å². The lowest BCUT2D eigenvalue weighted by atomic mass is 9.95. The second kappa shape index (κ2) is 3.23. The first-order valence-corrected chi connectivity index (χ1v) is 4.91. The fourth-order valence-electron chi connectivity index (χ4n) is 2.20. The molecule has 1 aliphatic heterocycles. The van der Waals surface area contributed by atoms with Crippen molar-refractivity contribution in [2.75, 3.05) is 0 Å². The average Bonchev–Trinajstić information content (AvgIpc) is 2.03. The summed E-state index contributed by atoms with van der Waals surface area (Å²) in [5.41, 5.74) is -0.791. The van der Waals surface area contributed by atoms with E-state index in [0.29, 0.717) is 6.42 Å². The summed E-state index contributed by atoms with van der Waals surface area (Å²) in [5, 5.41) is 22.7. The van der Waals surface area contributed by atoms with Gasteiger partial charge in [0.2, 0.25) is 0 Å². The van der Waals surface area contributed by atoms with Crippen LogP contribution in [0, 0.1) is 0 Å². The lowest BCUT2D eigenvalue weighted by molar-refractivity contribution is -0.270. The van der Waals surface area contributed by atoms with Gasteiger partial charge in [0.05, 0.1) is 6.10 Å². The average molecular weight is 186 g/mol. The van der Waals surface area contributed by atoms with E-state index in [4.69, 9.17) is 0 Å². The normalized spacial score (nSPS) is 34.2. The Kier molecular flexibility index (Phi) is 2.72. The first kappa shape index (κ1) is 11.0. The minimum atomic E-state index is -0.445. The summed E-state index contributed by atoms with van der Waals surface area (Å²) in [7, 11) is 0. The van der Waals surface area contributed by atoms with Gasteiger partial charge < -0.3 is 5.11 Å². The van der Waals surface area contributed by atoms with E-state index in [-0.39, 0.29) is 11.6 Å². The van der Waals surface area contributed by atoms with E-state index in [1.54, 1.807) is 0 Å². The highest BCUT2D eigenvalue weighted by atomic mass is 16.5. The minimum Gasteiger partial charge on any atom is -0.393 e. The minimum absolute atomic E-state index is 0.326. The van der Waals surface area contributed by atoms with Crippen molar-refractivity contribution in [2.45, 2.75) is 64.1 Å². The molecule has 13 heavy (non-hydrogen) atoms. The number of hydrogen-bond donors (Lipinski definition) is 1. The van der Waals surface area contributed by atoms with E-state index in [1.807, 2.05) is 27.7 Å². The fraction of sp³-hybridized carbons (Fsp3) is 1.00. The van der Waals surface area contributed by atoms with Gasteiger partial charge in [-0.1, -0.05) is 0 Å². The topological polar surface area (TPSA) is 43.4 Å². The van der Waals surface area contributed by atoms with E-state index in [1.165, 1.54) is 0 Å². The number of aliphatic hydroxyl groups excluding tert-OH is 1. The van der Waals surface area contributed by atoms with Crippen LogP contribution in [0.2, 0.25) is 0 Å². The summed E-state index contributed by atoms with van der Waals surface area (Å²) >= 11 is 0. The Balaban J connectivity index is 2.87. The van der Waals surface area contributed by atoms with Crippen LogP contribution < -0.4 is 0 Å². The standard InChI is InChI=1S/C10H20NO2/c1-9(2)6-5-8(12)7-10(3,4)11(9)13/h8,12H,5-7H2,1-4H3. The Labute approximate surface area is 80.3 Å². The van der Waals surface area contributed by atoms with Crippen molar-refractivity contribution in [3.05, 3.63) is 0 Å². The van der Waals surface area contributed by atoms with Crippen LogP contribution in [0.15, 0.2) is 0 Å². The molecule has 1 N–H and O–H groups in total. The summed E-state index contributed by atoms with van der Waals surface area (Å²) in [6, 6.07) is 0. The zero-order valence-corrected chi connectivity index (χ0v) is 9.00. The van der Waals surface area contributed by atoms with E-state index in [0.717, 1.165) is 17.9 Å². The predicted molar refractivity (Wildman–Crippen MR) is 50.5 cm³/mol. The molecule has 77 valence electrons. The zero-order valence-electron chi connectivity index (χ0n) is 9.00. The Morgan fingerprint density at radius 3 is 2.31 bits per heavy atom. The first-order valence-electron chi connectivity index (χ1n) is 4.91. The second-order valence-corrected chi connectivity index (χ2v) is 5.32. The van der Waals surface area contributed by atoms with Gasteiger partial charge in [0.15, 0.2) is 0 Å². The molecule has 1 aliphatic rings. The summed E-state index contributed by atoms with van der Waals surface area (Å²) < 4.78 is 0. The van der Waals surface area contributed by atoms with Crippen LogP contribution in [0.25, 0.3) is 0 Å². The van der Waals surface area contributed by atoms with Crippen LogP contribution in [-0.4, -0.2) is 27.4 Å². The molecular formula is C10H20NO2. The van der Waals surface area contributed by atoms with E-state index in [2.05, 4.69) is 0 Å². The van der Waals surface area contributed by atoms with Crippen LogP contribution >= 0.6 is 0 Å². The molecule has 1 rings (SSSR count). The number of hydrogen-bond acceptors (Lipinski definition) is 2. The SMILES string of the molecule is CC1(C)CCC(O)CC(C)(C)N1[O]. The van der Waals surface area contributed by atoms with Gasteiger partial charge in [-0.15, -0.1) is 10.3 Å². The van der Waals surface area contributed by atoms with Crippen LogP contribution in [0.5, 0.6) is 0 Å². The summed E-state index contributed by atoms with van der Waals surface area (Å²) in [6.45, 7) is 7.69.